The van der Waals surface area contributed by atoms with Crippen LogP contribution in [0.4, 0.5) is 11.6 Å². The van der Waals surface area contributed by atoms with Crippen LogP contribution in [0, 0.1) is 0 Å². The molecule has 0 spiro atoms. The zero-order chi connectivity index (χ0) is 21.4. The molecular formula is C23H22N7O+. The molecule has 5 aromatic rings. The molecular weight excluding hydrogens is 390 g/mol. The molecule has 154 valence electrons. The highest BCUT2D eigenvalue weighted by molar-refractivity contribution is 5.84. The zero-order valence-electron chi connectivity index (χ0n) is 17.1. The van der Waals surface area contributed by atoms with Gasteiger partial charge in [-0.15, -0.1) is 0 Å². The van der Waals surface area contributed by atoms with Gasteiger partial charge in [0.15, 0.2) is 28.3 Å². The Morgan fingerprint density at radius 3 is 2.68 bits per heavy atom. The van der Waals surface area contributed by atoms with Crippen LogP contribution in [0.2, 0.25) is 0 Å². The van der Waals surface area contributed by atoms with Crippen molar-refractivity contribution in [2.75, 3.05) is 10.6 Å². The lowest BCUT2D eigenvalue weighted by molar-refractivity contribution is -0.653. The Morgan fingerprint density at radius 2 is 1.87 bits per heavy atom. The zero-order valence-corrected chi connectivity index (χ0v) is 17.1. The number of fused-ring (bicyclic) bond motifs is 2. The van der Waals surface area contributed by atoms with Crippen LogP contribution in [0.5, 0.6) is 0 Å². The van der Waals surface area contributed by atoms with Gasteiger partial charge in [-0.1, -0.05) is 42.5 Å². The molecule has 3 heterocycles. The van der Waals surface area contributed by atoms with Crippen molar-refractivity contribution in [1.29, 1.82) is 0 Å². The smallest absolute Gasteiger partial charge is 0.277 e. The minimum Gasteiger partial charge on any atom is -0.381 e. The predicted octanol–water partition coefficient (Wildman–Crippen LogP) is 2.53. The van der Waals surface area contributed by atoms with Gasteiger partial charge in [0.05, 0.1) is 7.05 Å². The van der Waals surface area contributed by atoms with Crippen molar-refractivity contribution in [2.24, 2.45) is 7.05 Å². The first-order chi connectivity index (χ1) is 15.2. The Bertz CT molecular complexity index is 1390. The van der Waals surface area contributed by atoms with Crippen LogP contribution in [0.15, 0.2) is 66.9 Å². The van der Waals surface area contributed by atoms with E-state index in [1.807, 2.05) is 37.4 Å². The van der Waals surface area contributed by atoms with Crippen LogP contribution >= 0.6 is 0 Å². The summed E-state index contributed by atoms with van der Waals surface area (Å²) >= 11 is 0. The molecule has 0 saturated heterocycles. The lowest BCUT2D eigenvalue weighted by Gasteiger charge is -2.16. The number of carbonyl (C=O) groups is 1. The Kier molecular flexibility index (Phi) is 4.59. The number of nitrogen functional groups attached to an aromatic ring is 1. The number of amides is 1. The van der Waals surface area contributed by atoms with Crippen LogP contribution in [0.25, 0.3) is 22.2 Å². The van der Waals surface area contributed by atoms with Crippen molar-refractivity contribution in [2.45, 2.75) is 13.1 Å². The summed E-state index contributed by atoms with van der Waals surface area (Å²) < 4.78 is 4.33. The number of nitrogens with zero attached hydrogens (tertiary/aromatic N) is 5. The summed E-state index contributed by atoms with van der Waals surface area (Å²) in [5.74, 6) is 1.50. The topological polar surface area (TPSA) is 96.7 Å². The number of rotatable bonds is 6. The van der Waals surface area contributed by atoms with Gasteiger partial charge in [0.1, 0.15) is 18.6 Å². The molecule has 0 saturated carbocycles. The molecule has 8 nitrogen and oxygen atoms in total. The second-order valence-corrected chi connectivity index (χ2v) is 7.41. The fourth-order valence-electron chi connectivity index (χ4n) is 3.97. The molecule has 2 aromatic carbocycles. The van der Waals surface area contributed by atoms with Gasteiger partial charge in [0.2, 0.25) is 6.41 Å². The number of imidazole rings is 1. The van der Waals surface area contributed by atoms with Gasteiger partial charge >= 0.3 is 0 Å². The number of nitrogens with two attached hydrogens (primary N) is 1. The average molecular weight is 412 g/mol. The van der Waals surface area contributed by atoms with Crippen molar-refractivity contribution in [3.8, 4) is 0 Å². The highest BCUT2D eigenvalue weighted by Crippen LogP contribution is 2.24. The SMILES string of the molecule is C[n+]1c(CN(C=O)c2nc3cc[nH]c3nc2N)n(Cc2ccccc2)c2ccccc21. The van der Waals surface area contributed by atoms with E-state index >= 15 is 0 Å². The molecule has 0 aliphatic carbocycles. The molecule has 0 aliphatic heterocycles. The van der Waals surface area contributed by atoms with Crippen molar-refractivity contribution in [3.63, 3.8) is 0 Å². The number of aromatic amines is 1. The van der Waals surface area contributed by atoms with Gasteiger partial charge in [0, 0.05) is 6.20 Å². The van der Waals surface area contributed by atoms with Crippen molar-refractivity contribution >= 4 is 40.2 Å². The van der Waals surface area contributed by atoms with Gasteiger partial charge in [0.25, 0.3) is 5.82 Å². The molecule has 0 radical (unpaired) electrons. The van der Waals surface area contributed by atoms with E-state index in [-0.39, 0.29) is 5.82 Å². The summed E-state index contributed by atoms with van der Waals surface area (Å²) in [5.41, 5.74) is 10.7. The Balaban J connectivity index is 1.61. The number of hydrogen-bond acceptors (Lipinski definition) is 4. The van der Waals surface area contributed by atoms with Crippen LogP contribution in [-0.4, -0.2) is 25.9 Å². The number of aryl methyl sites for hydroxylation is 1. The Labute approximate surface area is 178 Å². The Morgan fingerprint density at radius 1 is 1.10 bits per heavy atom. The second-order valence-electron chi connectivity index (χ2n) is 7.41. The molecule has 1 amide bonds. The molecule has 31 heavy (non-hydrogen) atoms. The van der Waals surface area contributed by atoms with Crippen LogP contribution < -0.4 is 15.2 Å². The highest BCUT2D eigenvalue weighted by Gasteiger charge is 2.26. The summed E-state index contributed by atoms with van der Waals surface area (Å²) in [6.45, 7) is 0.985. The molecule has 0 bridgehead atoms. The van der Waals surface area contributed by atoms with E-state index in [1.54, 1.807) is 12.3 Å². The van der Waals surface area contributed by atoms with Gasteiger partial charge in [-0.2, -0.15) is 0 Å². The lowest BCUT2D eigenvalue weighted by atomic mass is 10.2. The third kappa shape index (κ3) is 3.28. The van der Waals surface area contributed by atoms with Crippen molar-refractivity contribution in [1.82, 2.24) is 19.5 Å². The quantitative estimate of drug-likeness (QED) is 0.331. The number of hydrogen-bond donors (Lipinski definition) is 2. The number of anilines is 2. The van der Waals surface area contributed by atoms with E-state index in [2.05, 4.69) is 48.4 Å². The van der Waals surface area contributed by atoms with E-state index < -0.39 is 0 Å². The fraction of sp³-hybridized carbons (Fsp3) is 0.130. The third-order valence-electron chi connectivity index (χ3n) is 5.52. The van der Waals surface area contributed by atoms with Crippen LogP contribution in [-0.2, 0) is 24.9 Å². The fourth-order valence-corrected chi connectivity index (χ4v) is 3.97. The molecule has 0 unspecified atom stereocenters. The largest absolute Gasteiger partial charge is 0.381 e. The van der Waals surface area contributed by atoms with E-state index in [4.69, 9.17) is 5.73 Å². The molecule has 8 heteroatoms. The van der Waals surface area contributed by atoms with E-state index in [0.717, 1.165) is 23.3 Å². The lowest BCUT2D eigenvalue weighted by Crippen LogP contribution is -2.38. The van der Waals surface area contributed by atoms with Gasteiger partial charge in [-0.05, 0) is 23.8 Å². The monoisotopic (exact) mass is 412 g/mol. The first-order valence-corrected chi connectivity index (χ1v) is 9.98. The van der Waals surface area contributed by atoms with Crippen LogP contribution in [0.1, 0.15) is 11.4 Å². The maximum atomic E-state index is 12.1. The molecule has 3 N–H and O–H groups in total. The third-order valence-corrected chi connectivity index (χ3v) is 5.52. The molecule has 0 atom stereocenters. The second kappa shape index (κ2) is 7.56. The number of carbonyl (C=O) groups excluding carboxylic acids is 1. The summed E-state index contributed by atoms with van der Waals surface area (Å²) in [4.78, 5) is 25.5. The van der Waals surface area contributed by atoms with E-state index in [1.165, 1.54) is 10.5 Å². The molecule has 0 aliphatic rings. The Hall–Kier alpha value is -4.20. The standard InChI is InChI=1S/C23H22N7O/c1-28-18-9-5-6-10-19(18)30(13-16-7-3-2-4-8-16)20(28)14-29(15-31)23-21(24)27-22-17(26-23)11-12-25-22/h2-12,15H,13-14H2,1H3,(H3,24,25,27)/q+1. The number of H-pyrrole nitrogens is 1. The first kappa shape index (κ1) is 18.8. The van der Waals surface area contributed by atoms with Gasteiger partial charge in [-0.25, -0.2) is 19.1 Å². The number of para-hydroxylation sites is 2. The van der Waals surface area contributed by atoms with Gasteiger partial charge < -0.3 is 10.7 Å². The molecule has 5 rings (SSSR count). The van der Waals surface area contributed by atoms with E-state index in [0.29, 0.717) is 30.1 Å². The summed E-state index contributed by atoms with van der Waals surface area (Å²) in [5, 5.41) is 0. The predicted molar refractivity (Wildman–Crippen MR) is 119 cm³/mol. The van der Waals surface area contributed by atoms with Crippen LogP contribution in [0.3, 0.4) is 0 Å². The first-order valence-electron chi connectivity index (χ1n) is 9.98. The normalized spacial score (nSPS) is 11.3. The summed E-state index contributed by atoms with van der Waals surface area (Å²) in [7, 11) is 2.01. The van der Waals surface area contributed by atoms with E-state index in [9.17, 15) is 4.79 Å². The minimum atomic E-state index is 0.204. The summed E-state index contributed by atoms with van der Waals surface area (Å²) in [6, 6.07) is 20.3. The van der Waals surface area contributed by atoms with Crippen molar-refractivity contribution in [3.05, 3.63) is 78.2 Å². The maximum absolute atomic E-state index is 12.1. The number of benzene rings is 2. The number of nitrogens with one attached hydrogen (secondary N) is 1. The minimum absolute atomic E-state index is 0.204. The van der Waals surface area contributed by atoms with Gasteiger partial charge in [-0.3, -0.25) is 9.69 Å². The highest BCUT2D eigenvalue weighted by atomic mass is 16.1. The number of aromatic nitrogens is 5. The molecule has 0 fully saturated rings. The maximum Gasteiger partial charge on any atom is 0.277 e. The summed E-state index contributed by atoms with van der Waals surface area (Å²) in [6.07, 6.45) is 2.50. The molecule has 3 aromatic heterocycles. The van der Waals surface area contributed by atoms with Crippen molar-refractivity contribution < 1.29 is 9.36 Å². The average Bonchev–Trinajstić information content (AvgIpc) is 3.35.